The molecule has 24 heavy (non-hydrogen) atoms. The van der Waals surface area contributed by atoms with Crippen molar-refractivity contribution in [1.29, 1.82) is 0 Å². The fourth-order valence-electron chi connectivity index (χ4n) is 2.25. The Labute approximate surface area is 138 Å². The van der Waals surface area contributed by atoms with Gasteiger partial charge in [0.1, 0.15) is 18.6 Å². The number of halogens is 1. The van der Waals surface area contributed by atoms with Crippen LogP contribution >= 0.6 is 0 Å². The van der Waals surface area contributed by atoms with Crippen LogP contribution in [0.5, 0.6) is 5.75 Å². The number of benzene rings is 1. The predicted molar refractivity (Wildman–Crippen MR) is 85.8 cm³/mol. The summed E-state index contributed by atoms with van der Waals surface area (Å²) < 4.78 is 24.4. The quantitative estimate of drug-likeness (QED) is 0.727. The summed E-state index contributed by atoms with van der Waals surface area (Å²) in [6.07, 6.45) is 2.74. The van der Waals surface area contributed by atoms with Crippen LogP contribution in [0.3, 0.4) is 0 Å². The first-order chi connectivity index (χ1) is 11.5. The minimum Gasteiger partial charge on any atom is -0.484 e. The Morgan fingerprint density at radius 2 is 2.25 bits per heavy atom. The Balaban J connectivity index is 1.73. The molecule has 2 N–H and O–H groups in total. The molecular formula is C17H18FN3O3. The van der Waals surface area contributed by atoms with E-state index in [0.29, 0.717) is 12.2 Å². The van der Waals surface area contributed by atoms with E-state index in [1.165, 1.54) is 18.7 Å². The smallest absolute Gasteiger partial charge is 0.222 e. The Hall–Kier alpha value is -2.83. The standard InChI is InChI=1S/C17H18FN3O3/c1-10(2)17(22)19-6-12-3-11-4-14(18)16(5-15(11)21-12)24-8-13-7-23-9-20-13/h3-5,7,9-10,21H,6,8H2,1-2H3,(H,19,22). The van der Waals surface area contributed by atoms with Crippen molar-refractivity contribution in [3.63, 3.8) is 0 Å². The summed E-state index contributed by atoms with van der Waals surface area (Å²) in [5.74, 6) is -0.437. The maximum absolute atomic E-state index is 14.1. The van der Waals surface area contributed by atoms with Gasteiger partial charge in [0.2, 0.25) is 5.91 Å². The van der Waals surface area contributed by atoms with Gasteiger partial charge in [0.05, 0.1) is 6.54 Å². The third kappa shape index (κ3) is 3.56. The number of aromatic nitrogens is 2. The highest BCUT2D eigenvalue weighted by Gasteiger charge is 2.11. The van der Waals surface area contributed by atoms with Crippen LogP contribution in [0.2, 0.25) is 0 Å². The number of hydrogen-bond acceptors (Lipinski definition) is 4. The highest BCUT2D eigenvalue weighted by Crippen LogP contribution is 2.26. The molecule has 7 heteroatoms. The molecule has 3 rings (SSSR count). The van der Waals surface area contributed by atoms with E-state index in [9.17, 15) is 9.18 Å². The van der Waals surface area contributed by atoms with E-state index in [1.54, 1.807) is 12.1 Å². The summed E-state index contributed by atoms with van der Waals surface area (Å²) in [5.41, 5.74) is 2.12. The molecule has 2 heterocycles. The Morgan fingerprint density at radius 3 is 2.96 bits per heavy atom. The van der Waals surface area contributed by atoms with E-state index in [1.807, 2.05) is 13.8 Å². The lowest BCUT2D eigenvalue weighted by molar-refractivity contribution is -0.124. The first-order valence-electron chi connectivity index (χ1n) is 7.61. The number of carbonyl (C=O) groups is 1. The van der Waals surface area contributed by atoms with E-state index in [-0.39, 0.29) is 24.2 Å². The molecule has 0 unspecified atom stereocenters. The molecule has 0 radical (unpaired) electrons. The molecule has 0 fully saturated rings. The number of aromatic amines is 1. The maximum atomic E-state index is 14.1. The summed E-state index contributed by atoms with van der Waals surface area (Å²) in [6.45, 7) is 4.14. The molecule has 0 spiro atoms. The number of rotatable bonds is 6. The second kappa shape index (κ2) is 6.74. The van der Waals surface area contributed by atoms with Crippen molar-refractivity contribution in [3.05, 3.63) is 48.1 Å². The van der Waals surface area contributed by atoms with Crippen molar-refractivity contribution < 1.29 is 18.3 Å². The van der Waals surface area contributed by atoms with Gasteiger partial charge in [0.25, 0.3) is 0 Å². The molecule has 0 aliphatic rings. The normalized spacial score (nSPS) is 11.2. The molecule has 0 bridgehead atoms. The minimum absolute atomic E-state index is 0.0310. The highest BCUT2D eigenvalue weighted by atomic mass is 19.1. The fourth-order valence-corrected chi connectivity index (χ4v) is 2.25. The molecule has 2 aromatic heterocycles. The SMILES string of the molecule is CC(C)C(=O)NCc1cc2cc(F)c(OCc3cocn3)cc2[nH]1. The highest BCUT2D eigenvalue weighted by molar-refractivity contribution is 5.82. The van der Waals surface area contributed by atoms with Crippen molar-refractivity contribution in [3.8, 4) is 5.75 Å². The van der Waals surface area contributed by atoms with Gasteiger partial charge in [-0.25, -0.2) is 9.37 Å². The van der Waals surface area contributed by atoms with E-state index >= 15 is 0 Å². The molecule has 0 atom stereocenters. The fraction of sp³-hybridized carbons (Fsp3) is 0.294. The molecule has 126 valence electrons. The van der Waals surface area contributed by atoms with Crippen LogP contribution in [0.4, 0.5) is 4.39 Å². The van der Waals surface area contributed by atoms with E-state index in [4.69, 9.17) is 9.15 Å². The van der Waals surface area contributed by atoms with Gasteiger partial charge in [-0.3, -0.25) is 4.79 Å². The van der Waals surface area contributed by atoms with Crippen molar-refractivity contribution in [2.75, 3.05) is 0 Å². The topological polar surface area (TPSA) is 80.2 Å². The third-order valence-electron chi connectivity index (χ3n) is 3.57. The van der Waals surface area contributed by atoms with Crippen LogP contribution in [0.1, 0.15) is 25.2 Å². The second-order valence-corrected chi connectivity index (χ2v) is 5.81. The number of fused-ring (bicyclic) bond motifs is 1. The summed E-state index contributed by atoms with van der Waals surface area (Å²) in [4.78, 5) is 18.7. The van der Waals surface area contributed by atoms with Gasteiger partial charge in [0.15, 0.2) is 18.0 Å². The average molecular weight is 331 g/mol. The maximum Gasteiger partial charge on any atom is 0.222 e. The molecule has 6 nitrogen and oxygen atoms in total. The van der Waals surface area contributed by atoms with Gasteiger partial charge in [-0.15, -0.1) is 0 Å². The molecule has 1 amide bonds. The summed E-state index contributed by atoms with van der Waals surface area (Å²) in [5, 5.41) is 3.54. The number of nitrogens with one attached hydrogen (secondary N) is 2. The Morgan fingerprint density at radius 1 is 1.42 bits per heavy atom. The van der Waals surface area contributed by atoms with Crippen molar-refractivity contribution in [2.24, 2.45) is 5.92 Å². The van der Waals surface area contributed by atoms with Crippen LogP contribution in [0.25, 0.3) is 10.9 Å². The second-order valence-electron chi connectivity index (χ2n) is 5.81. The molecule has 0 aliphatic heterocycles. The van der Waals surface area contributed by atoms with E-state index in [0.717, 1.165) is 16.6 Å². The zero-order valence-electron chi connectivity index (χ0n) is 13.4. The minimum atomic E-state index is -0.456. The number of carbonyl (C=O) groups excluding carboxylic acids is 1. The molecule has 0 aliphatic carbocycles. The zero-order chi connectivity index (χ0) is 17.1. The molecule has 3 aromatic rings. The van der Waals surface area contributed by atoms with E-state index < -0.39 is 5.82 Å². The largest absolute Gasteiger partial charge is 0.484 e. The number of nitrogens with zero attached hydrogens (tertiary/aromatic N) is 1. The summed E-state index contributed by atoms with van der Waals surface area (Å²) in [7, 11) is 0. The Kier molecular flexibility index (Phi) is 4.50. The van der Waals surface area contributed by atoms with Crippen LogP contribution in [0, 0.1) is 11.7 Å². The average Bonchev–Trinajstić information content (AvgIpc) is 3.19. The molecule has 0 saturated heterocycles. The lowest BCUT2D eigenvalue weighted by Gasteiger charge is -2.06. The van der Waals surface area contributed by atoms with Crippen molar-refractivity contribution in [2.45, 2.75) is 27.0 Å². The van der Waals surface area contributed by atoms with Gasteiger partial charge in [-0.1, -0.05) is 13.8 Å². The predicted octanol–water partition coefficient (Wildman–Crippen LogP) is 3.15. The van der Waals surface area contributed by atoms with Crippen LogP contribution < -0.4 is 10.1 Å². The monoisotopic (exact) mass is 331 g/mol. The lowest BCUT2D eigenvalue weighted by Crippen LogP contribution is -2.27. The molecule has 1 aromatic carbocycles. The number of H-pyrrole nitrogens is 1. The van der Waals surface area contributed by atoms with Crippen LogP contribution in [-0.2, 0) is 17.9 Å². The summed E-state index contributed by atoms with van der Waals surface area (Å²) >= 11 is 0. The van der Waals surface area contributed by atoms with Gasteiger partial charge < -0.3 is 19.5 Å². The summed E-state index contributed by atoms with van der Waals surface area (Å²) in [6, 6.07) is 4.80. The third-order valence-corrected chi connectivity index (χ3v) is 3.57. The van der Waals surface area contributed by atoms with Crippen molar-refractivity contribution >= 4 is 16.8 Å². The van der Waals surface area contributed by atoms with Gasteiger partial charge in [-0.05, 0) is 12.1 Å². The van der Waals surface area contributed by atoms with Gasteiger partial charge >= 0.3 is 0 Å². The first kappa shape index (κ1) is 16.0. The molecular weight excluding hydrogens is 313 g/mol. The Bertz CT molecular complexity index is 840. The van der Waals surface area contributed by atoms with Gasteiger partial charge in [0, 0.05) is 28.6 Å². The number of amides is 1. The first-order valence-corrected chi connectivity index (χ1v) is 7.61. The number of hydrogen-bond donors (Lipinski definition) is 2. The van der Waals surface area contributed by atoms with Crippen LogP contribution in [-0.4, -0.2) is 15.9 Å². The van der Waals surface area contributed by atoms with Crippen molar-refractivity contribution in [1.82, 2.24) is 15.3 Å². The molecule has 0 saturated carbocycles. The van der Waals surface area contributed by atoms with Gasteiger partial charge in [-0.2, -0.15) is 0 Å². The number of oxazole rings is 1. The zero-order valence-corrected chi connectivity index (χ0v) is 13.4. The van der Waals surface area contributed by atoms with E-state index in [2.05, 4.69) is 15.3 Å². The van der Waals surface area contributed by atoms with Crippen LogP contribution in [0.15, 0.2) is 35.3 Å². The number of ether oxygens (including phenoxy) is 1. The lowest BCUT2D eigenvalue weighted by atomic mass is 10.2.